The first kappa shape index (κ1) is 62.3. The van der Waals surface area contributed by atoms with Crippen LogP contribution in [0, 0.1) is 5.92 Å². The van der Waals surface area contributed by atoms with E-state index in [2.05, 4.69) is 54.8 Å². The minimum Gasteiger partial charge on any atom is -0.394 e. The van der Waals surface area contributed by atoms with Gasteiger partial charge in [0.1, 0.15) is 48.3 Å². The van der Waals surface area contributed by atoms with E-state index >= 15 is 0 Å². The van der Waals surface area contributed by atoms with E-state index in [-0.39, 0.29) is 64.1 Å². The lowest BCUT2D eigenvalue weighted by Gasteiger charge is -2.28. The summed E-state index contributed by atoms with van der Waals surface area (Å²) in [6, 6.07) is -3.00. The molecule has 0 saturated carbocycles. The largest absolute Gasteiger partial charge is 0.394 e. The third-order valence-corrected chi connectivity index (χ3v) is 11.8. The van der Waals surface area contributed by atoms with Crippen molar-refractivity contribution in [1.29, 1.82) is 0 Å². The van der Waals surface area contributed by atoms with Crippen LogP contribution in [-0.2, 0) is 49.6 Å². The number of carbonyl (C=O) groups is 9. The maximum atomic E-state index is 14.3. The van der Waals surface area contributed by atoms with Crippen molar-refractivity contribution in [1.82, 2.24) is 47.9 Å². The molecular weight excluding hydrogens is 937 g/mol. The molecule has 0 spiro atoms. The minimum absolute atomic E-state index is 0.0719. The molecule has 0 aromatic heterocycles. The summed E-state index contributed by atoms with van der Waals surface area (Å²) in [6.45, 7) is 5.18. The molecule has 9 amide bonds. The number of nitrogens with one attached hydrogen (secondary N) is 9. The van der Waals surface area contributed by atoms with Crippen LogP contribution in [0.4, 0.5) is 0 Å². The van der Waals surface area contributed by atoms with E-state index in [0.717, 1.165) is 25.7 Å². The predicted octanol–water partition coefficient (Wildman–Crippen LogP) is -3.80. The zero-order chi connectivity index (χ0) is 53.8. The molecule has 1 aromatic carbocycles. The van der Waals surface area contributed by atoms with Gasteiger partial charge in [-0.15, -0.1) is 0 Å². The molecule has 1 aromatic rings. The highest BCUT2D eigenvalue weighted by Gasteiger charge is 2.36. The molecule has 1 saturated heterocycles. The third-order valence-electron chi connectivity index (χ3n) is 11.8. The van der Waals surface area contributed by atoms with Crippen LogP contribution in [0.25, 0.3) is 0 Å². The number of carbonyl (C=O) groups excluding carboxylic acids is 9. The first-order valence-corrected chi connectivity index (χ1v) is 25.1. The van der Waals surface area contributed by atoms with Gasteiger partial charge in [0.2, 0.25) is 53.2 Å². The fourth-order valence-electron chi connectivity index (χ4n) is 7.83. The zero-order valence-corrected chi connectivity index (χ0v) is 42.2. The number of hydrogen-bond acceptors (Lipinski definition) is 15. The van der Waals surface area contributed by atoms with Gasteiger partial charge in [-0.3, -0.25) is 43.2 Å². The Bertz CT molecular complexity index is 1890. The van der Waals surface area contributed by atoms with E-state index in [4.69, 9.17) is 17.2 Å². The third kappa shape index (κ3) is 22.7. The van der Waals surface area contributed by atoms with E-state index in [1.54, 1.807) is 44.2 Å². The molecule has 18 N–H and O–H groups in total. The number of benzene rings is 1. The summed E-state index contributed by atoms with van der Waals surface area (Å²) in [6.07, 6.45) is 1.18. The van der Waals surface area contributed by atoms with E-state index in [9.17, 15) is 58.5 Å². The van der Waals surface area contributed by atoms with Gasteiger partial charge in [0.05, 0.1) is 25.2 Å². The molecular formula is C48H82N12O12. The summed E-state index contributed by atoms with van der Waals surface area (Å²) in [5.41, 5.74) is 18.2. The SMILES string of the molecule is CCCCCCC[C@@H](O)CC(=O)N[C@H](CO)C(=O)N[C@H]1CCNC(=O)[C@H]([C@@H](C)O)NC(=O)[C@H](CCN)NC(=O)[C@H](CCN)NC(=O)[C@H](CC(C)C)NC(=O)[C@@H](Cc2ccccc2)NC(=O)[C@H](CCN)NC1=O. The molecule has 1 aliphatic heterocycles. The molecule has 1 heterocycles. The van der Waals surface area contributed by atoms with Crippen molar-refractivity contribution in [3.8, 4) is 0 Å². The maximum Gasteiger partial charge on any atom is 0.245 e. The second-order valence-electron chi connectivity index (χ2n) is 18.6. The maximum absolute atomic E-state index is 14.3. The summed E-state index contributed by atoms with van der Waals surface area (Å²) in [7, 11) is 0. The van der Waals surface area contributed by atoms with E-state index in [1.165, 1.54) is 6.92 Å². The zero-order valence-electron chi connectivity index (χ0n) is 42.2. The van der Waals surface area contributed by atoms with Gasteiger partial charge < -0.3 is 80.4 Å². The van der Waals surface area contributed by atoms with Crippen LogP contribution in [-0.4, -0.2) is 162 Å². The summed E-state index contributed by atoms with van der Waals surface area (Å²) in [4.78, 5) is 124. The molecule has 1 fully saturated rings. The number of aliphatic hydroxyl groups excluding tert-OH is 3. The molecule has 2 rings (SSSR count). The summed E-state index contributed by atoms with van der Waals surface area (Å²) >= 11 is 0. The lowest BCUT2D eigenvalue weighted by molar-refractivity contribution is -0.136. The molecule has 10 atom stereocenters. The van der Waals surface area contributed by atoms with Crippen LogP contribution in [0.5, 0.6) is 0 Å². The molecule has 24 heteroatoms. The van der Waals surface area contributed by atoms with Crippen molar-refractivity contribution < 1.29 is 58.5 Å². The molecule has 24 nitrogen and oxygen atoms in total. The Morgan fingerprint density at radius 2 is 1.17 bits per heavy atom. The lowest BCUT2D eigenvalue weighted by Crippen LogP contribution is -2.61. The number of unbranched alkanes of at least 4 members (excludes halogenated alkanes) is 4. The molecule has 0 radical (unpaired) electrons. The van der Waals surface area contributed by atoms with Gasteiger partial charge in [0.15, 0.2) is 0 Å². The predicted molar refractivity (Wildman–Crippen MR) is 266 cm³/mol. The van der Waals surface area contributed by atoms with Crippen molar-refractivity contribution in [2.75, 3.05) is 32.8 Å². The Hall–Kier alpha value is -5.79. The minimum atomic E-state index is -1.64. The lowest BCUT2D eigenvalue weighted by atomic mass is 10.00. The van der Waals surface area contributed by atoms with Crippen LogP contribution >= 0.6 is 0 Å². The second kappa shape index (κ2) is 33.8. The number of aliphatic hydroxyl groups is 3. The van der Waals surface area contributed by atoms with E-state index in [1.807, 2.05) is 0 Å². The highest BCUT2D eigenvalue weighted by molar-refractivity contribution is 5.98. The first-order valence-electron chi connectivity index (χ1n) is 25.1. The van der Waals surface area contributed by atoms with E-state index in [0.29, 0.717) is 18.4 Å². The van der Waals surface area contributed by atoms with Gasteiger partial charge in [0.25, 0.3) is 0 Å². The van der Waals surface area contributed by atoms with Crippen LogP contribution in [0.15, 0.2) is 30.3 Å². The smallest absolute Gasteiger partial charge is 0.245 e. The monoisotopic (exact) mass is 1020 g/mol. The van der Waals surface area contributed by atoms with Crippen LogP contribution < -0.4 is 65.1 Å². The highest BCUT2D eigenvalue weighted by Crippen LogP contribution is 2.12. The highest BCUT2D eigenvalue weighted by atomic mass is 16.3. The number of nitrogens with two attached hydrogens (primary N) is 3. The normalized spacial score (nSPS) is 23.7. The van der Waals surface area contributed by atoms with Crippen molar-refractivity contribution in [2.45, 2.75) is 172 Å². The number of rotatable bonds is 23. The van der Waals surface area contributed by atoms with Crippen molar-refractivity contribution >= 4 is 53.2 Å². The fraction of sp³-hybridized carbons (Fsp3) is 0.688. The van der Waals surface area contributed by atoms with E-state index < -0.39 is 133 Å². The van der Waals surface area contributed by atoms with Gasteiger partial charge in [-0.2, -0.15) is 0 Å². The average Bonchev–Trinajstić information content (AvgIpc) is 3.32. The molecule has 0 aliphatic carbocycles. The standard InChI is InChI=1S/C48H82N12O12/c1-5-6-7-8-12-15-31(63)26-39(64)53-38(27-61)47(71)57-35-19-23-52-48(72)40(29(4)62)60-44(68)34(18-22-51)55-41(65)32(16-20-49)56-45(69)36(24-28(2)3)58-46(70)37(25-30-13-10-9-11-14-30)59-42(66)33(17-21-50)54-43(35)67/h9-11,13-14,28-29,31-38,40,61-63H,5-8,12,15-27,49-51H2,1-4H3,(H,52,72)(H,53,64)(H,54,67)(H,55,65)(H,56,69)(H,57,71)(H,58,70)(H,59,66)(H,60,68)/t29-,31-,32+,33+,34+,35+,36+,37-,38-,40+/m1/s1. The Morgan fingerprint density at radius 3 is 1.69 bits per heavy atom. The second-order valence-corrected chi connectivity index (χ2v) is 18.6. The Kier molecular flexibility index (Phi) is 29.2. The summed E-state index contributed by atoms with van der Waals surface area (Å²) in [5, 5.41) is 54.1. The average molecular weight is 1020 g/mol. The van der Waals surface area contributed by atoms with Crippen molar-refractivity contribution in [3.05, 3.63) is 35.9 Å². The van der Waals surface area contributed by atoms with Crippen molar-refractivity contribution in [3.63, 3.8) is 0 Å². The Morgan fingerprint density at radius 1 is 0.667 bits per heavy atom. The summed E-state index contributed by atoms with van der Waals surface area (Å²) in [5.74, 6) is -8.14. The number of amides is 9. The van der Waals surface area contributed by atoms with Crippen LogP contribution in [0.2, 0.25) is 0 Å². The topological polar surface area (TPSA) is 401 Å². The van der Waals surface area contributed by atoms with Gasteiger partial charge in [-0.1, -0.05) is 83.2 Å². The summed E-state index contributed by atoms with van der Waals surface area (Å²) < 4.78 is 0. The molecule has 1 aliphatic rings. The Balaban J connectivity index is 2.64. The number of hydrogen-bond donors (Lipinski definition) is 15. The Labute approximate surface area is 422 Å². The van der Waals surface area contributed by atoms with Crippen molar-refractivity contribution in [2.24, 2.45) is 23.1 Å². The van der Waals surface area contributed by atoms with Crippen LogP contribution in [0.3, 0.4) is 0 Å². The van der Waals surface area contributed by atoms with Crippen LogP contribution in [0.1, 0.15) is 110 Å². The fourth-order valence-corrected chi connectivity index (χ4v) is 7.83. The van der Waals surface area contributed by atoms with Gasteiger partial charge in [0, 0.05) is 13.0 Å². The molecule has 0 unspecified atom stereocenters. The van der Waals surface area contributed by atoms with Gasteiger partial charge >= 0.3 is 0 Å². The molecule has 406 valence electrons. The molecule has 0 bridgehead atoms. The first-order chi connectivity index (χ1) is 34.3. The molecule has 72 heavy (non-hydrogen) atoms. The van der Waals surface area contributed by atoms with Gasteiger partial charge in [-0.05, 0) is 76.6 Å². The quantitative estimate of drug-likeness (QED) is 0.0468. The van der Waals surface area contributed by atoms with Gasteiger partial charge in [-0.25, -0.2) is 0 Å².